The highest BCUT2D eigenvalue weighted by Gasteiger charge is 2.12. The van der Waals surface area contributed by atoms with E-state index in [9.17, 15) is 5.11 Å². The van der Waals surface area contributed by atoms with Gasteiger partial charge in [0.05, 0.1) is 16.1 Å². The van der Waals surface area contributed by atoms with Gasteiger partial charge in [-0.25, -0.2) is 0 Å². The summed E-state index contributed by atoms with van der Waals surface area (Å²) in [5.74, 6) is 0. The molecule has 21 heavy (non-hydrogen) atoms. The van der Waals surface area contributed by atoms with E-state index in [0.29, 0.717) is 16.5 Å². The average Bonchev–Trinajstić information content (AvgIpc) is 2.47. The van der Waals surface area contributed by atoms with Crippen molar-refractivity contribution < 1.29 is 10.2 Å². The first-order valence-corrected chi connectivity index (χ1v) is 8.05. The van der Waals surface area contributed by atoms with Crippen LogP contribution in [0.15, 0.2) is 30.3 Å². The highest BCUT2D eigenvalue weighted by atomic mass is 35.5. The van der Waals surface area contributed by atoms with Crippen LogP contribution in [0.2, 0.25) is 10.0 Å². The minimum atomic E-state index is -0.500. The van der Waals surface area contributed by atoms with Gasteiger partial charge in [0, 0.05) is 6.61 Å². The monoisotopic (exact) mass is 326 g/mol. The molecule has 114 valence electrons. The van der Waals surface area contributed by atoms with Gasteiger partial charge in [-0.2, -0.15) is 0 Å². The summed E-state index contributed by atoms with van der Waals surface area (Å²) < 4.78 is 0. The molecule has 0 radical (unpaired) electrons. The van der Waals surface area contributed by atoms with Gasteiger partial charge < -0.3 is 10.2 Å². The normalized spacial score (nSPS) is 12.8. The smallest absolute Gasteiger partial charge is 0.0796 e. The number of aliphatic hydroxyl groups is 2. The lowest BCUT2D eigenvalue weighted by molar-refractivity contribution is 0.164. The van der Waals surface area contributed by atoms with E-state index in [1.54, 1.807) is 0 Å². The van der Waals surface area contributed by atoms with Crippen LogP contribution in [0.1, 0.15) is 43.8 Å². The second-order valence-electron chi connectivity index (χ2n) is 5.28. The molecular weight excluding hydrogens is 307 g/mol. The van der Waals surface area contributed by atoms with E-state index in [1.807, 2.05) is 30.3 Å². The Morgan fingerprint density at radius 2 is 1.67 bits per heavy atom. The molecule has 0 aromatic heterocycles. The molecule has 0 spiro atoms. The third-order valence-electron chi connectivity index (χ3n) is 3.70. The second kappa shape index (κ2) is 8.00. The third kappa shape index (κ3) is 4.33. The van der Waals surface area contributed by atoms with Crippen molar-refractivity contribution in [2.24, 2.45) is 0 Å². The van der Waals surface area contributed by atoms with Crippen molar-refractivity contribution in [2.75, 3.05) is 6.61 Å². The van der Waals surface area contributed by atoms with Gasteiger partial charge >= 0.3 is 0 Å². The van der Waals surface area contributed by atoms with Crippen LogP contribution in [0.5, 0.6) is 0 Å². The summed E-state index contributed by atoms with van der Waals surface area (Å²) in [6, 6.07) is 9.48. The molecule has 0 bridgehead atoms. The fourth-order valence-corrected chi connectivity index (χ4v) is 2.88. The topological polar surface area (TPSA) is 40.5 Å². The predicted octanol–water partition coefficient (Wildman–Crippen LogP) is 5.12. The van der Waals surface area contributed by atoms with Crippen molar-refractivity contribution in [1.29, 1.82) is 0 Å². The number of fused-ring (bicyclic) bond motifs is 1. The Hall–Kier alpha value is -0.800. The molecule has 0 aliphatic rings. The van der Waals surface area contributed by atoms with Gasteiger partial charge in [0.1, 0.15) is 0 Å². The van der Waals surface area contributed by atoms with E-state index >= 15 is 0 Å². The highest BCUT2D eigenvalue weighted by molar-refractivity contribution is 6.42. The van der Waals surface area contributed by atoms with Crippen LogP contribution >= 0.6 is 23.2 Å². The summed E-state index contributed by atoms with van der Waals surface area (Å²) >= 11 is 12.1. The molecule has 0 saturated carbocycles. The molecule has 0 heterocycles. The standard InChI is InChI=1S/C17H20Cl2O2/c18-15-10-12-6-5-7-13(14(12)11-16(15)19)17(21)8-3-1-2-4-9-20/h5-7,10-11,17,20-21H,1-4,8-9H2. The van der Waals surface area contributed by atoms with Crippen LogP contribution in [0.3, 0.4) is 0 Å². The SMILES string of the molecule is OCCCCCCC(O)c1cccc2cc(Cl)c(Cl)cc12. The zero-order valence-electron chi connectivity index (χ0n) is 11.9. The Bertz CT molecular complexity index is 599. The van der Waals surface area contributed by atoms with E-state index in [-0.39, 0.29) is 6.61 Å². The van der Waals surface area contributed by atoms with E-state index in [1.165, 1.54) is 0 Å². The lowest BCUT2D eigenvalue weighted by atomic mass is 9.97. The summed E-state index contributed by atoms with van der Waals surface area (Å²) in [6.07, 6.45) is 4.01. The fraction of sp³-hybridized carbons (Fsp3) is 0.412. The Labute approximate surface area is 135 Å². The zero-order valence-corrected chi connectivity index (χ0v) is 13.4. The first-order valence-electron chi connectivity index (χ1n) is 7.30. The number of hydrogen-bond donors (Lipinski definition) is 2. The molecule has 1 atom stereocenters. The maximum Gasteiger partial charge on any atom is 0.0796 e. The van der Waals surface area contributed by atoms with Crippen molar-refractivity contribution in [3.8, 4) is 0 Å². The third-order valence-corrected chi connectivity index (χ3v) is 4.42. The molecule has 2 nitrogen and oxygen atoms in total. The summed E-state index contributed by atoms with van der Waals surface area (Å²) in [7, 11) is 0. The lowest BCUT2D eigenvalue weighted by Gasteiger charge is -2.14. The minimum Gasteiger partial charge on any atom is -0.396 e. The molecule has 0 fully saturated rings. The largest absolute Gasteiger partial charge is 0.396 e. The van der Waals surface area contributed by atoms with Crippen molar-refractivity contribution in [2.45, 2.75) is 38.2 Å². The quantitative estimate of drug-likeness (QED) is 0.693. The van der Waals surface area contributed by atoms with E-state index in [0.717, 1.165) is 42.0 Å². The first kappa shape index (κ1) is 16.6. The van der Waals surface area contributed by atoms with Gasteiger partial charge in [-0.15, -0.1) is 0 Å². The van der Waals surface area contributed by atoms with Crippen LogP contribution in [-0.4, -0.2) is 16.8 Å². The minimum absolute atomic E-state index is 0.241. The molecule has 0 aliphatic carbocycles. The van der Waals surface area contributed by atoms with Crippen molar-refractivity contribution in [3.63, 3.8) is 0 Å². The number of hydrogen-bond acceptors (Lipinski definition) is 2. The summed E-state index contributed by atoms with van der Waals surface area (Å²) in [6.45, 7) is 0.241. The van der Waals surface area contributed by atoms with Gasteiger partial charge in [0.25, 0.3) is 0 Å². The molecule has 0 saturated heterocycles. The van der Waals surface area contributed by atoms with Crippen LogP contribution in [0, 0.1) is 0 Å². The van der Waals surface area contributed by atoms with Gasteiger partial charge in [-0.05, 0) is 41.3 Å². The Balaban J connectivity index is 2.12. The average molecular weight is 327 g/mol. The van der Waals surface area contributed by atoms with Crippen molar-refractivity contribution in [3.05, 3.63) is 45.9 Å². The Morgan fingerprint density at radius 3 is 2.43 bits per heavy atom. The van der Waals surface area contributed by atoms with Gasteiger partial charge in [0.15, 0.2) is 0 Å². The van der Waals surface area contributed by atoms with Crippen LogP contribution < -0.4 is 0 Å². The molecule has 2 aromatic carbocycles. The molecule has 1 unspecified atom stereocenters. The molecule has 4 heteroatoms. The van der Waals surface area contributed by atoms with Gasteiger partial charge in [-0.3, -0.25) is 0 Å². The number of benzene rings is 2. The number of halogens is 2. The molecule has 0 amide bonds. The van der Waals surface area contributed by atoms with Crippen LogP contribution in [0.25, 0.3) is 10.8 Å². The fourth-order valence-electron chi connectivity index (χ4n) is 2.54. The first-order chi connectivity index (χ1) is 10.1. The van der Waals surface area contributed by atoms with E-state index in [4.69, 9.17) is 28.3 Å². The maximum absolute atomic E-state index is 10.4. The Kier molecular flexibility index (Phi) is 6.31. The van der Waals surface area contributed by atoms with Crippen LogP contribution in [-0.2, 0) is 0 Å². The maximum atomic E-state index is 10.4. The Morgan fingerprint density at radius 1 is 0.952 bits per heavy atom. The molecule has 0 aliphatic heterocycles. The molecule has 2 N–H and O–H groups in total. The summed E-state index contributed by atoms with van der Waals surface area (Å²) in [5.41, 5.74) is 0.897. The molecule has 2 rings (SSSR count). The van der Waals surface area contributed by atoms with Gasteiger partial charge in [0.2, 0.25) is 0 Å². The van der Waals surface area contributed by atoms with E-state index < -0.39 is 6.10 Å². The summed E-state index contributed by atoms with van der Waals surface area (Å²) in [4.78, 5) is 0. The second-order valence-corrected chi connectivity index (χ2v) is 6.09. The number of rotatable bonds is 7. The van der Waals surface area contributed by atoms with E-state index in [2.05, 4.69) is 0 Å². The molecular formula is C17H20Cl2O2. The summed E-state index contributed by atoms with van der Waals surface area (Å²) in [5, 5.41) is 22.1. The lowest BCUT2D eigenvalue weighted by Crippen LogP contribution is -1.99. The number of aliphatic hydroxyl groups excluding tert-OH is 2. The highest BCUT2D eigenvalue weighted by Crippen LogP contribution is 2.33. The zero-order chi connectivity index (χ0) is 15.2. The number of unbranched alkanes of at least 4 members (excludes halogenated alkanes) is 3. The molecule has 2 aromatic rings. The van der Waals surface area contributed by atoms with Crippen molar-refractivity contribution >= 4 is 34.0 Å². The van der Waals surface area contributed by atoms with Crippen molar-refractivity contribution in [1.82, 2.24) is 0 Å². The van der Waals surface area contributed by atoms with Gasteiger partial charge in [-0.1, -0.05) is 60.7 Å². The van der Waals surface area contributed by atoms with Crippen LogP contribution in [0.4, 0.5) is 0 Å². The predicted molar refractivity (Wildman–Crippen MR) is 89.1 cm³/mol.